The van der Waals surface area contributed by atoms with E-state index in [1.807, 2.05) is 32.0 Å². The lowest BCUT2D eigenvalue weighted by molar-refractivity contribution is 0.0698. The Kier molecular flexibility index (Phi) is 4.29. The minimum Gasteiger partial charge on any atom is -0.478 e. The largest absolute Gasteiger partial charge is 0.478 e. The van der Waals surface area contributed by atoms with Crippen LogP contribution in [0.1, 0.15) is 31.8 Å². The topological polar surface area (TPSA) is 66.4 Å². The number of nitrogens with one attached hydrogen (secondary N) is 1. The molecular weight excluding hydrogens is 290 g/mol. The van der Waals surface area contributed by atoms with Crippen molar-refractivity contribution in [3.63, 3.8) is 0 Å². The van der Waals surface area contributed by atoms with Gasteiger partial charge in [0.25, 0.3) is 5.91 Å². The number of halogens is 1. The molecule has 0 saturated carbocycles. The summed E-state index contributed by atoms with van der Waals surface area (Å²) in [7, 11) is 0. The molecule has 0 spiro atoms. The number of aryl methyl sites for hydroxylation is 2. The Morgan fingerprint density at radius 1 is 1.00 bits per heavy atom. The Hall–Kier alpha value is -2.33. The zero-order chi connectivity index (χ0) is 15.6. The lowest BCUT2D eigenvalue weighted by Crippen LogP contribution is -2.17. The van der Waals surface area contributed by atoms with Gasteiger partial charge in [-0.25, -0.2) is 4.79 Å². The van der Waals surface area contributed by atoms with Gasteiger partial charge in [-0.05, 0) is 37.1 Å². The van der Waals surface area contributed by atoms with Gasteiger partial charge in [0.2, 0.25) is 0 Å². The van der Waals surface area contributed by atoms with E-state index in [1.54, 1.807) is 6.07 Å². The molecule has 21 heavy (non-hydrogen) atoms. The van der Waals surface area contributed by atoms with E-state index < -0.39 is 5.97 Å². The molecule has 0 atom stereocenters. The van der Waals surface area contributed by atoms with Crippen LogP contribution < -0.4 is 5.32 Å². The summed E-state index contributed by atoms with van der Waals surface area (Å²) in [6.45, 7) is 3.66. The first-order chi connectivity index (χ1) is 9.91. The third kappa shape index (κ3) is 3.06. The molecule has 108 valence electrons. The van der Waals surface area contributed by atoms with Gasteiger partial charge in [-0.15, -0.1) is 0 Å². The number of carboxylic acids is 1. The molecule has 0 heterocycles. The first-order valence-corrected chi connectivity index (χ1v) is 6.69. The van der Waals surface area contributed by atoms with Crippen molar-refractivity contribution in [1.29, 1.82) is 0 Å². The van der Waals surface area contributed by atoms with Crippen molar-refractivity contribution >= 4 is 29.2 Å². The van der Waals surface area contributed by atoms with Gasteiger partial charge in [0.05, 0.1) is 10.7 Å². The Labute approximate surface area is 127 Å². The molecule has 0 unspecified atom stereocenters. The molecule has 2 aromatic carbocycles. The second kappa shape index (κ2) is 5.97. The molecule has 5 heteroatoms. The molecule has 0 aliphatic rings. The molecule has 2 aromatic rings. The number of carbonyl (C=O) groups is 2. The van der Waals surface area contributed by atoms with Gasteiger partial charge < -0.3 is 10.4 Å². The quantitative estimate of drug-likeness (QED) is 0.903. The monoisotopic (exact) mass is 303 g/mol. The summed E-state index contributed by atoms with van der Waals surface area (Å²) in [5, 5.41) is 11.9. The number of benzene rings is 2. The first-order valence-electron chi connectivity index (χ1n) is 6.31. The Balaban J connectivity index is 2.42. The number of anilines is 1. The third-order valence-electron chi connectivity index (χ3n) is 3.18. The Bertz CT molecular complexity index is 705. The maximum Gasteiger partial charge on any atom is 0.339 e. The summed E-state index contributed by atoms with van der Waals surface area (Å²) in [5.41, 5.74) is 2.26. The van der Waals surface area contributed by atoms with Crippen molar-refractivity contribution in [3.05, 3.63) is 63.7 Å². The standard InChI is InChI=1S/C16H14ClNO3/c1-9-5-3-6-10(2)13(9)15(19)18-12-8-4-7-11(17)14(12)16(20)21/h3-8H,1-2H3,(H,18,19)(H,20,21). The number of hydrogen-bond acceptors (Lipinski definition) is 2. The van der Waals surface area contributed by atoms with Crippen LogP contribution in [-0.2, 0) is 0 Å². The van der Waals surface area contributed by atoms with Gasteiger partial charge >= 0.3 is 5.97 Å². The van der Waals surface area contributed by atoms with Crippen LogP contribution in [0, 0.1) is 13.8 Å². The number of carboxylic acid groups (broad SMARTS) is 1. The summed E-state index contributed by atoms with van der Waals surface area (Å²) in [6, 6.07) is 10.1. The molecule has 0 aromatic heterocycles. The van der Waals surface area contributed by atoms with Crippen molar-refractivity contribution in [1.82, 2.24) is 0 Å². The van der Waals surface area contributed by atoms with Crippen molar-refractivity contribution in [3.8, 4) is 0 Å². The van der Waals surface area contributed by atoms with E-state index in [0.717, 1.165) is 11.1 Å². The molecule has 2 N–H and O–H groups in total. The van der Waals surface area contributed by atoms with E-state index in [2.05, 4.69) is 5.32 Å². The normalized spacial score (nSPS) is 10.2. The number of rotatable bonds is 3. The molecule has 4 nitrogen and oxygen atoms in total. The van der Waals surface area contributed by atoms with E-state index in [0.29, 0.717) is 5.56 Å². The molecule has 0 fully saturated rings. The predicted molar refractivity (Wildman–Crippen MR) is 82.3 cm³/mol. The second-order valence-corrected chi connectivity index (χ2v) is 5.10. The molecule has 2 rings (SSSR count). The molecular formula is C16H14ClNO3. The average Bonchev–Trinajstić information content (AvgIpc) is 2.37. The fourth-order valence-corrected chi connectivity index (χ4v) is 2.46. The minimum atomic E-state index is -1.18. The number of amides is 1. The molecule has 0 aliphatic carbocycles. The average molecular weight is 304 g/mol. The summed E-state index contributed by atoms with van der Waals surface area (Å²) < 4.78 is 0. The van der Waals surface area contributed by atoms with Crippen LogP contribution in [0.5, 0.6) is 0 Å². The number of aromatic carboxylic acids is 1. The Morgan fingerprint density at radius 2 is 1.57 bits per heavy atom. The summed E-state index contributed by atoms with van der Waals surface area (Å²) in [4.78, 5) is 23.7. The minimum absolute atomic E-state index is 0.0850. The van der Waals surface area contributed by atoms with E-state index in [-0.39, 0.29) is 22.2 Å². The number of hydrogen-bond donors (Lipinski definition) is 2. The summed E-state index contributed by atoms with van der Waals surface area (Å²) in [6.07, 6.45) is 0. The molecule has 0 saturated heterocycles. The van der Waals surface area contributed by atoms with Gasteiger partial charge in [0, 0.05) is 5.56 Å². The van der Waals surface area contributed by atoms with Crippen molar-refractivity contribution in [2.24, 2.45) is 0 Å². The van der Waals surface area contributed by atoms with Crippen LogP contribution in [0.25, 0.3) is 0 Å². The van der Waals surface area contributed by atoms with E-state index >= 15 is 0 Å². The van der Waals surface area contributed by atoms with E-state index in [9.17, 15) is 14.7 Å². The fourth-order valence-electron chi connectivity index (χ4n) is 2.20. The SMILES string of the molecule is Cc1cccc(C)c1C(=O)Nc1cccc(Cl)c1C(=O)O. The fraction of sp³-hybridized carbons (Fsp3) is 0.125. The highest BCUT2D eigenvalue weighted by molar-refractivity contribution is 6.34. The molecule has 1 amide bonds. The van der Waals surface area contributed by atoms with Crippen LogP contribution in [-0.4, -0.2) is 17.0 Å². The van der Waals surface area contributed by atoms with Crippen molar-refractivity contribution in [2.45, 2.75) is 13.8 Å². The van der Waals surface area contributed by atoms with E-state index in [1.165, 1.54) is 12.1 Å². The van der Waals surface area contributed by atoms with Crippen LogP contribution in [0.4, 0.5) is 5.69 Å². The lowest BCUT2D eigenvalue weighted by Gasteiger charge is -2.12. The zero-order valence-electron chi connectivity index (χ0n) is 11.6. The number of carbonyl (C=O) groups excluding carboxylic acids is 1. The van der Waals surface area contributed by atoms with Gasteiger partial charge in [-0.1, -0.05) is 35.9 Å². The predicted octanol–water partition coefficient (Wildman–Crippen LogP) is 3.91. The maximum atomic E-state index is 12.4. The summed E-state index contributed by atoms with van der Waals surface area (Å²) >= 11 is 5.88. The highest BCUT2D eigenvalue weighted by atomic mass is 35.5. The first kappa shape index (κ1) is 15.1. The van der Waals surface area contributed by atoms with Gasteiger partial charge in [-0.2, -0.15) is 0 Å². The third-order valence-corrected chi connectivity index (χ3v) is 3.50. The maximum absolute atomic E-state index is 12.4. The smallest absolute Gasteiger partial charge is 0.339 e. The van der Waals surface area contributed by atoms with Crippen molar-refractivity contribution in [2.75, 3.05) is 5.32 Å². The van der Waals surface area contributed by atoms with Gasteiger partial charge in [0.1, 0.15) is 5.56 Å². The van der Waals surface area contributed by atoms with Crippen LogP contribution >= 0.6 is 11.6 Å². The Morgan fingerprint density at radius 3 is 2.14 bits per heavy atom. The van der Waals surface area contributed by atoms with Crippen LogP contribution in [0.3, 0.4) is 0 Å². The summed E-state index contributed by atoms with van der Waals surface area (Å²) in [5.74, 6) is -1.53. The van der Waals surface area contributed by atoms with Crippen LogP contribution in [0.15, 0.2) is 36.4 Å². The van der Waals surface area contributed by atoms with Crippen LogP contribution in [0.2, 0.25) is 5.02 Å². The van der Waals surface area contributed by atoms with E-state index in [4.69, 9.17) is 11.6 Å². The van der Waals surface area contributed by atoms with Gasteiger partial charge in [-0.3, -0.25) is 4.79 Å². The second-order valence-electron chi connectivity index (χ2n) is 4.69. The lowest BCUT2D eigenvalue weighted by atomic mass is 10.0. The van der Waals surface area contributed by atoms with Crippen molar-refractivity contribution < 1.29 is 14.7 Å². The highest BCUT2D eigenvalue weighted by Crippen LogP contribution is 2.25. The molecule has 0 aliphatic heterocycles. The highest BCUT2D eigenvalue weighted by Gasteiger charge is 2.18. The molecule has 0 radical (unpaired) electrons. The van der Waals surface area contributed by atoms with Gasteiger partial charge in [0.15, 0.2) is 0 Å². The zero-order valence-corrected chi connectivity index (χ0v) is 12.4. The molecule has 0 bridgehead atoms.